The lowest BCUT2D eigenvalue weighted by Gasteiger charge is -2.01. The molecular weight excluding hydrogens is 416 g/mol. The van der Waals surface area contributed by atoms with Crippen LogP contribution in [0.1, 0.15) is 25.8 Å². The standard InChI is InChI=1S/C18H20N4OS4/c1-3-5-12-6-8-13(9-7-12)14-10-25-16(19-14)20-15(23)11-26-18-22-21-17(27-18)24-4-2/h6-10H,3-5,11H2,1-2H3,(H,19,20,23). The first-order valence-corrected chi connectivity index (χ1v) is 12.3. The Kier molecular flexibility index (Phi) is 7.69. The molecule has 0 aliphatic carbocycles. The highest BCUT2D eigenvalue weighted by atomic mass is 32.2. The van der Waals surface area contributed by atoms with E-state index in [1.165, 1.54) is 40.0 Å². The molecule has 0 saturated heterocycles. The molecule has 5 nitrogen and oxygen atoms in total. The molecule has 0 unspecified atom stereocenters. The molecule has 0 saturated carbocycles. The van der Waals surface area contributed by atoms with Crippen LogP contribution in [0.2, 0.25) is 0 Å². The van der Waals surface area contributed by atoms with Crippen LogP contribution >= 0.6 is 46.2 Å². The lowest BCUT2D eigenvalue weighted by atomic mass is 10.1. The van der Waals surface area contributed by atoms with Gasteiger partial charge in [-0.05, 0) is 17.7 Å². The molecule has 2 heterocycles. The minimum atomic E-state index is -0.0842. The SMILES string of the molecule is CCCc1ccc(-c2csc(NC(=O)CSc3nnc(SCC)s3)n2)cc1. The van der Waals surface area contributed by atoms with Gasteiger partial charge in [-0.25, -0.2) is 4.98 Å². The maximum absolute atomic E-state index is 12.2. The summed E-state index contributed by atoms with van der Waals surface area (Å²) in [7, 11) is 0. The second-order valence-corrected chi connectivity index (χ2v) is 10.2. The van der Waals surface area contributed by atoms with Gasteiger partial charge < -0.3 is 5.32 Å². The van der Waals surface area contributed by atoms with Gasteiger partial charge in [-0.3, -0.25) is 4.79 Å². The number of carbonyl (C=O) groups is 1. The molecule has 27 heavy (non-hydrogen) atoms. The van der Waals surface area contributed by atoms with Crippen molar-refractivity contribution in [2.75, 3.05) is 16.8 Å². The van der Waals surface area contributed by atoms with E-state index in [1.807, 2.05) is 5.38 Å². The summed E-state index contributed by atoms with van der Waals surface area (Å²) in [6, 6.07) is 8.45. The minimum Gasteiger partial charge on any atom is -0.301 e. The highest BCUT2D eigenvalue weighted by Crippen LogP contribution is 2.29. The molecular formula is C18H20N4OS4. The van der Waals surface area contributed by atoms with Crippen LogP contribution in [-0.4, -0.2) is 32.6 Å². The average Bonchev–Trinajstić information content (AvgIpc) is 3.31. The number of anilines is 1. The normalized spacial score (nSPS) is 10.9. The van der Waals surface area contributed by atoms with Crippen molar-refractivity contribution < 1.29 is 4.79 Å². The highest BCUT2D eigenvalue weighted by Gasteiger charge is 2.11. The van der Waals surface area contributed by atoms with Crippen molar-refractivity contribution in [3.63, 3.8) is 0 Å². The first-order valence-electron chi connectivity index (χ1n) is 8.61. The van der Waals surface area contributed by atoms with E-state index in [0.29, 0.717) is 10.9 Å². The number of hydrogen-bond acceptors (Lipinski definition) is 8. The fourth-order valence-corrected chi connectivity index (χ4v) is 5.77. The number of hydrogen-bond donors (Lipinski definition) is 1. The summed E-state index contributed by atoms with van der Waals surface area (Å²) in [5, 5.41) is 13.6. The molecule has 1 amide bonds. The van der Waals surface area contributed by atoms with E-state index < -0.39 is 0 Å². The Morgan fingerprint density at radius 1 is 1.11 bits per heavy atom. The van der Waals surface area contributed by atoms with Crippen LogP contribution < -0.4 is 5.32 Å². The number of rotatable bonds is 9. The van der Waals surface area contributed by atoms with Gasteiger partial charge in [-0.15, -0.1) is 21.5 Å². The minimum absolute atomic E-state index is 0.0842. The highest BCUT2D eigenvalue weighted by molar-refractivity contribution is 8.03. The van der Waals surface area contributed by atoms with Crippen LogP contribution in [0.3, 0.4) is 0 Å². The van der Waals surface area contributed by atoms with Crippen molar-refractivity contribution in [3.05, 3.63) is 35.2 Å². The lowest BCUT2D eigenvalue weighted by Crippen LogP contribution is -2.13. The second-order valence-electron chi connectivity index (χ2n) is 5.59. The van der Waals surface area contributed by atoms with Crippen molar-refractivity contribution >= 4 is 57.2 Å². The first-order chi connectivity index (χ1) is 13.2. The van der Waals surface area contributed by atoms with Crippen molar-refractivity contribution in [1.29, 1.82) is 0 Å². The predicted molar refractivity (Wildman–Crippen MR) is 117 cm³/mol. The maximum Gasteiger partial charge on any atom is 0.236 e. The van der Waals surface area contributed by atoms with Gasteiger partial charge >= 0.3 is 0 Å². The van der Waals surface area contributed by atoms with Crippen LogP contribution in [0.15, 0.2) is 38.3 Å². The first kappa shape index (κ1) is 20.3. The Balaban J connectivity index is 1.52. The quantitative estimate of drug-likeness (QED) is 0.449. The molecule has 0 radical (unpaired) electrons. The molecule has 3 aromatic rings. The van der Waals surface area contributed by atoms with Gasteiger partial charge in [0, 0.05) is 10.9 Å². The predicted octanol–water partition coefficient (Wildman–Crippen LogP) is 5.46. The van der Waals surface area contributed by atoms with Crippen molar-refractivity contribution in [2.24, 2.45) is 0 Å². The Morgan fingerprint density at radius 2 is 1.85 bits per heavy atom. The molecule has 142 valence electrons. The van der Waals surface area contributed by atoms with Crippen molar-refractivity contribution in [3.8, 4) is 11.3 Å². The number of aromatic nitrogens is 3. The van der Waals surface area contributed by atoms with E-state index in [4.69, 9.17) is 0 Å². The number of nitrogens with one attached hydrogen (secondary N) is 1. The number of benzene rings is 1. The van der Waals surface area contributed by atoms with Gasteiger partial charge in [0.2, 0.25) is 5.91 Å². The van der Waals surface area contributed by atoms with E-state index in [0.717, 1.165) is 38.5 Å². The summed E-state index contributed by atoms with van der Waals surface area (Å²) in [5.41, 5.74) is 3.28. The van der Waals surface area contributed by atoms with Crippen molar-refractivity contribution in [2.45, 2.75) is 35.4 Å². The van der Waals surface area contributed by atoms with Gasteiger partial charge in [0.05, 0.1) is 11.4 Å². The topological polar surface area (TPSA) is 67.8 Å². The number of amides is 1. The van der Waals surface area contributed by atoms with Gasteiger partial charge in [0.25, 0.3) is 0 Å². The number of nitrogens with zero attached hydrogens (tertiary/aromatic N) is 3. The van der Waals surface area contributed by atoms with E-state index in [9.17, 15) is 4.79 Å². The molecule has 3 rings (SSSR count). The molecule has 0 spiro atoms. The molecule has 0 bridgehead atoms. The number of thiazole rings is 1. The smallest absolute Gasteiger partial charge is 0.236 e. The molecule has 0 atom stereocenters. The second kappa shape index (κ2) is 10.2. The van der Waals surface area contributed by atoms with Crippen LogP contribution in [0, 0.1) is 0 Å². The number of carbonyl (C=O) groups excluding carboxylic acids is 1. The number of thioether (sulfide) groups is 2. The summed E-state index contributed by atoms with van der Waals surface area (Å²) in [5.74, 6) is 1.18. The molecule has 0 aliphatic rings. The van der Waals surface area contributed by atoms with E-state index >= 15 is 0 Å². The zero-order valence-electron chi connectivity index (χ0n) is 15.1. The molecule has 0 aliphatic heterocycles. The molecule has 0 fully saturated rings. The molecule has 9 heteroatoms. The fourth-order valence-electron chi connectivity index (χ4n) is 2.31. The molecule has 1 aromatic carbocycles. The Morgan fingerprint density at radius 3 is 2.56 bits per heavy atom. The Hall–Kier alpha value is -1.42. The summed E-state index contributed by atoms with van der Waals surface area (Å²) in [6.07, 6.45) is 2.23. The summed E-state index contributed by atoms with van der Waals surface area (Å²) in [6.45, 7) is 4.25. The van der Waals surface area contributed by atoms with Crippen LogP contribution in [-0.2, 0) is 11.2 Å². The number of aryl methyl sites for hydroxylation is 1. The van der Waals surface area contributed by atoms with E-state index in [1.54, 1.807) is 11.8 Å². The third kappa shape index (κ3) is 6.03. The van der Waals surface area contributed by atoms with Crippen LogP contribution in [0.5, 0.6) is 0 Å². The monoisotopic (exact) mass is 436 g/mol. The average molecular weight is 437 g/mol. The Bertz CT molecular complexity index is 876. The van der Waals surface area contributed by atoms with Gasteiger partial charge in [-0.2, -0.15) is 0 Å². The zero-order chi connectivity index (χ0) is 19.1. The van der Waals surface area contributed by atoms with Crippen molar-refractivity contribution in [1.82, 2.24) is 15.2 Å². The van der Waals surface area contributed by atoms with Gasteiger partial charge in [0.1, 0.15) is 0 Å². The van der Waals surface area contributed by atoms with Gasteiger partial charge in [0.15, 0.2) is 13.8 Å². The van der Waals surface area contributed by atoms with Crippen LogP contribution in [0.4, 0.5) is 5.13 Å². The molecule has 1 N–H and O–H groups in total. The van der Waals surface area contributed by atoms with Gasteiger partial charge in [-0.1, -0.05) is 79.4 Å². The fraction of sp³-hybridized carbons (Fsp3) is 0.333. The van der Waals surface area contributed by atoms with E-state index in [2.05, 4.69) is 58.6 Å². The summed E-state index contributed by atoms with van der Waals surface area (Å²) < 4.78 is 1.75. The largest absolute Gasteiger partial charge is 0.301 e. The summed E-state index contributed by atoms with van der Waals surface area (Å²) >= 11 is 6.02. The Labute approximate surface area is 175 Å². The maximum atomic E-state index is 12.2. The zero-order valence-corrected chi connectivity index (χ0v) is 18.4. The van der Waals surface area contributed by atoms with E-state index in [-0.39, 0.29) is 5.91 Å². The third-order valence-electron chi connectivity index (χ3n) is 3.52. The third-order valence-corrected chi connectivity index (χ3v) is 7.35. The lowest BCUT2D eigenvalue weighted by molar-refractivity contribution is -0.113. The van der Waals surface area contributed by atoms with Crippen LogP contribution in [0.25, 0.3) is 11.3 Å². The molecule has 2 aromatic heterocycles. The summed E-state index contributed by atoms with van der Waals surface area (Å²) in [4.78, 5) is 16.7.